The van der Waals surface area contributed by atoms with Crippen LogP contribution in [0, 0.1) is 5.92 Å². The molecule has 1 aliphatic carbocycles. The third-order valence-electron chi connectivity index (χ3n) is 2.96. The molecular weight excluding hydrogens is 252 g/mol. The van der Waals surface area contributed by atoms with Gasteiger partial charge in [0.05, 0.1) is 6.10 Å². The number of rotatable bonds is 4. The Hall–Kier alpha value is -1.10. The smallest absolute Gasteiger partial charge is 0.322 e. The summed E-state index contributed by atoms with van der Waals surface area (Å²) in [6.07, 6.45) is 3.54. The van der Waals surface area contributed by atoms with Crippen molar-refractivity contribution in [2.75, 3.05) is 5.32 Å². The summed E-state index contributed by atoms with van der Waals surface area (Å²) in [5.74, 6) is 1.26. The van der Waals surface area contributed by atoms with Crippen LogP contribution in [0.2, 0.25) is 5.28 Å². The van der Waals surface area contributed by atoms with Crippen LogP contribution in [0.4, 0.5) is 5.95 Å². The van der Waals surface area contributed by atoms with Crippen LogP contribution in [0.15, 0.2) is 0 Å². The summed E-state index contributed by atoms with van der Waals surface area (Å²) in [4.78, 5) is 12.2. The number of anilines is 1. The van der Waals surface area contributed by atoms with Gasteiger partial charge in [0.2, 0.25) is 11.2 Å². The summed E-state index contributed by atoms with van der Waals surface area (Å²) in [7, 11) is 0. The molecule has 100 valence electrons. The molecule has 0 bridgehead atoms. The molecule has 1 N–H and O–H groups in total. The van der Waals surface area contributed by atoms with Gasteiger partial charge < -0.3 is 10.1 Å². The molecule has 2 unspecified atom stereocenters. The molecule has 2 atom stereocenters. The van der Waals surface area contributed by atoms with Gasteiger partial charge in [0.15, 0.2) is 0 Å². The molecular formula is C12H19ClN4O. The van der Waals surface area contributed by atoms with Gasteiger partial charge >= 0.3 is 6.01 Å². The van der Waals surface area contributed by atoms with Crippen LogP contribution in [0.3, 0.4) is 0 Å². The Morgan fingerprint density at radius 2 is 2.06 bits per heavy atom. The molecule has 1 aromatic rings. The first-order chi connectivity index (χ1) is 8.52. The molecule has 2 rings (SSSR count). The van der Waals surface area contributed by atoms with E-state index in [0.717, 1.165) is 18.8 Å². The van der Waals surface area contributed by atoms with E-state index < -0.39 is 0 Å². The summed E-state index contributed by atoms with van der Waals surface area (Å²) >= 11 is 5.87. The molecule has 0 aromatic carbocycles. The molecule has 0 aliphatic heterocycles. The summed E-state index contributed by atoms with van der Waals surface area (Å²) in [5, 5.41) is 3.46. The lowest BCUT2D eigenvalue weighted by Crippen LogP contribution is -2.18. The summed E-state index contributed by atoms with van der Waals surface area (Å²) in [6.45, 7) is 6.10. The lowest BCUT2D eigenvalue weighted by Gasteiger charge is -2.13. The molecule has 0 saturated heterocycles. The number of nitrogens with zero attached hydrogens (tertiary/aromatic N) is 3. The third-order valence-corrected chi connectivity index (χ3v) is 3.13. The van der Waals surface area contributed by atoms with Gasteiger partial charge in [-0.3, -0.25) is 0 Å². The van der Waals surface area contributed by atoms with Gasteiger partial charge in [-0.1, -0.05) is 6.92 Å². The largest absolute Gasteiger partial charge is 0.461 e. The maximum atomic E-state index is 5.87. The first-order valence-electron chi connectivity index (χ1n) is 6.37. The van der Waals surface area contributed by atoms with Gasteiger partial charge in [-0.2, -0.15) is 15.0 Å². The van der Waals surface area contributed by atoms with Gasteiger partial charge in [-0.05, 0) is 50.6 Å². The average Bonchev–Trinajstić information content (AvgIpc) is 2.61. The van der Waals surface area contributed by atoms with E-state index >= 15 is 0 Å². The zero-order chi connectivity index (χ0) is 13.1. The van der Waals surface area contributed by atoms with Crippen LogP contribution >= 0.6 is 11.6 Å². The van der Waals surface area contributed by atoms with Gasteiger partial charge in [-0.25, -0.2) is 0 Å². The molecule has 1 aromatic heterocycles. The molecule has 0 amide bonds. The maximum absolute atomic E-state index is 5.87. The number of halogens is 1. The highest BCUT2D eigenvalue weighted by molar-refractivity contribution is 6.28. The number of ether oxygens (including phenoxy) is 1. The fraction of sp³-hybridized carbons (Fsp3) is 0.750. The van der Waals surface area contributed by atoms with Crippen molar-refractivity contribution in [3.8, 4) is 6.01 Å². The van der Waals surface area contributed by atoms with Crippen molar-refractivity contribution in [3.05, 3.63) is 5.28 Å². The van der Waals surface area contributed by atoms with Crippen molar-refractivity contribution in [2.24, 2.45) is 5.92 Å². The van der Waals surface area contributed by atoms with Gasteiger partial charge in [0.25, 0.3) is 0 Å². The first-order valence-corrected chi connectivity index (χ1v) is 6.75. The molecule has 6 heteroatoms. The van der Waals surface area contributed by atoms with Crippen LogP contribution in [0.25, 0.3) is 0 Å². The van der Waals surface area contributed by atoms with Gasteiger partial charge in [-0.15, -0.1) is 0 Å². The molecule has 0 spiro atoms. The van der Waals surface area contributed by atoms with Crippen molar-refractivity contribution < 1.29 is 4.74 Å². The van der Waals surface area contributed by atoms with Crippen LogP contribution < -0.4 is 10.1 Å². The van der Waals surface area contributed by atoms with Crippen LogP contribution in [0.5, 0.6) is 6.01 Å². The van der Waals surface area contributed by atoms with E-state index in [-0.39, 0.29) is 17.4 Å². The SMILES string of the molecule is CC1CCC(Nc2nc(Cl)nc(OC(C)C)n2)C1. The molecule has 1 fully saturated rings. The fourth-order valence-corrected chi connectivity index (χ4v) is 2.33. The third kappa shape index (κ3) is 3.70. The molecule has 18 heavy (non-hydrogen) atoms. The average molecular weight is 271 g/mol. The summed E-state index contributed by atoms with van der Waals surface area (Å²) < 4.78 is 5.43. The molecule has 1 heterocycles. The summed E-state index contributed by atoms with van der Waals surface area (Å²) in [5.41, 5.74) is 0. The zero-order valence-corrected chi connectivity index (χ0v) is 11.7. The predicted octanol–water partition coefficient (Wildman–Crippen LogP) is 2.91. The van der Waals surface area contributed by atoms with Crippen LogP contribution in [-0.2, 0) is 0 Å². The summed E-state index contributed by atoms with van der Waals surface area (Å²) in [6, 6.07) is 0.698. The van der Waals surface area contributed by atoms with Crippen molar-refractivity contribution in [2.45, 2.75) is 52.2 Å². The second-order valence-corrected chi connectivity index (χ2v) is 5.47. The van der Waals surface area contributed by atoms with E-state index in [9.17, 15) is 0 Å². The highest BCUT2D eigenvalue weighted by Gasteiger charge is 2.22. The van der Waals surface area contributed by atoms with Crippen molar-refractivity contribution in [1.82, 2.24) is 15.0 Å². The fourth-order valence-electron chi connectivity index (χ4n) is 2.18. The van der Waals surface area contributed by atoms with E-state index in [2.05, 4.69) is 27.2 Å². The Bertz CT molecular complexity index is 413. The standard InChI is InChI=1S/C12H19ClN4O/c1-7(2)18-12-16-10(13)15-11(17-12)14-9-5-4-8(3)6-9/h7-9H,4-6H2,1-3H3,(H,14,15,16,17). The van der Waals surface area contributed by atoms with Crippen molar-refractivity contribution >= 4 is 17.5 Å². The lowest BCUT2D eigenvalue weighted by molar-refractivity contribution is 0.222. The Kier molecular flexibility index (Phi) is 4.22. The molecule has 5 nitrogen and oxygen atoms in total. The van der Waals surface area contributed by atoms with E-state index in [1.807, 2.05) is 13.8 Å². The quantitative estimate of drug-likeness (QED) is 0.912. The first kappa shape index (κ1) is 13.3. The second-order valence-electron chi connectivity index (χ2n) is 5.14. The van der Waals surface area contributed by atoms with Crippen molar-refractivity contribution in [1.29, 1.82) is 0 Å². The van der Waals surface area contributed by atoms with E-state index in [1.165, 1.54) is 6.42 Å². The monoisotopic (exact) mass is 270 g/mol. The Labute approximate surface area is 112 Å². The molecule has 1 saturated carbocycles. The van der Waals surface area contributed by atoms with Crippen LogP contribution in [0.1, 0.15) is 40.0 Å². The molecule has 1 aliphatic rings. The number of aromatic nitrogens is 3. The number of hydrogen-bond acceptors (Lipinski definition) is 5. The van der Waals surface area contributed by atoms with Crippen molar-refractivity contribution in [3.63, 3.8) is 0 Å². The minimum atomic E-state index is 0.0165. The Morgan fingerprint density at radius 3 is 2.67 bits per heavy atom. The second kappa shape index (κ2) is 5.69. The van der Waals surface area contributed by atoms with Gasteiger partial charge in [0.1, 0.15) is 0 Å². The van der Waals surface area contributed by atoms with E-state index in [4.69, 9.17) is 16.3 Å². The minimum absolute atomic E-state index is 0.0165. The van der Waals surface area contributed by atoms with Gasteiger partial charge in [0, 0.05) is 6.04 Å². The highest BCUT2D eigenvalue weighted by atomic mass is 35.5. The Balaban J connectivity index is 2.05. The topological polar surface area (TPSA) is 59.9 Å². The predicted molar refractivity (Wildman–Crippen MR) is 71.0 cm³/mol. The number of hydrogen-bond donors (Lipinski definition) is 1. The lowest BCUT2D eigenvalue weighted by atomic mass is 10.1. The normalized spacial score (nSPS) is 23.4. The van der Waals surface area contributed by atoms with E-state index in [1.54, 1.807) is 0 Å². The van der Waals surface area contributed by atoms with Crippen LogP contribution in [-0.4, -0.2) is 27.1 Å². The van der Waals surface area contributed by atoms with E-state index in [0.29, 0.717) is 12.0 Å². The highest BCUT2D eigenvalue weighted by Crippen LogP contribution is 2.27. The zero-order valence-electron chi connectivity index (χ0n) is 11.0. The maximum Gasteiger partial charge on any atom is 0.322 e. The molecule has 0 radical (unpaired) electrons. The Morgan fingerprint density at radius 1 is 1.28 bits per heavy atom. The minimum Gasteiger partial charge on any atom is -0.461 e. The number of nitrogens with one attached hydrogen (secondary N) is 1.